The van der Waals surface area contributed by atoms with Gasteiger partial charge in [0, 0.05) is 11.7 Å². The smallest absolute Gasteiger partial charge is 0.337 e. The van der Waals surface area contributed by atoms with Crippen LogP contribution in [0.1, 0.15) is 22.8 Å². The molecule has 0 heterocycles. The van der Waals surface area contributed by atoms with E-state index in [4.69, 9.17) is 16.7 Å². The van der Waals surface area contributed by atoms with Crippen LogP contribution in [-0.4, -0.2) is 17.1 Å². The molecule has 0 aliphatic heterocycles. The number of carboxylic acid groups (broad SMARTS) is 1. The molecule has 0 saturated heterocycles. The van der Waals surface area contributed by atoms with E-state index < -0.39 is 5.97 Å². The van der Waals surface area contributed by atoms with Crippen molar-refractivity contribution in [2.75, 3.05) is 5.32 Å². The second-order valence-corrected chi connectivity index (χ2v) is 5.28. The summed E-state index contributed by atoms with van der Waals surface area (Å²) in [4.78, 5) is 11.0. The summed E-state index contributed by atoms with van der Waals surface area (Å²) in [5.74, 6) is -1.32. The van der Waals surface area contributed by atoms with E-state index in [1.165, 1.54) is 18.2 Å². The Hall–Kier alpha value is -2.07. The van der Waals surface area contributed by atoms with Gasteiger partial charge in [0.25, 0.3) is 0 Å². The zero-order valence-corrected chi connectivity index (χ0v) is 12.2. The number of aromatic carboxylic acids is 1. The molecule has 0 aliphatic rings. The van der Waals surface area contributed by atoms with E-state index in [9.17, 15) is 9.18 Å². The molecule has 21 heavy (non-hydrogen) atoms. The molecule has 0 aromatic heterocycles. The lowest BCUT2D eigenvalue weighted by Gasteiger charge is -2.16. The van der Waals surface area contributed by atoms with Crippen LogP contribution < -0.4 is 5.32 Å². The highest BCUT2D eigenvalue weighted by Crippen LogP contribution is 2.21. The van der Waals surface area contributed by atoms with Crippen LogP contribution in [0, 0.1) is 5.82 Å². The third-order valence-corrected chi connectivity index (χ3v) is 3.39. The van der Waals surface area contributed by atoms with Crippen LogP contribution in [0.4, 0.5) is 10.1 Å². The normalized spacial score (nSPS) is 12.0. The number of rotatable bonds is 5. The molecule has 0 amide bonds. The van der Waals surface area contributed by atoms with Gasteiger partial charge in [-0.1, -0.05) is 23.7 Å². The lowest BCUT2D eigenvalue weighted by atomic mass is 10.1. The maximum atomic E-state index is 12.8. The summed E-state index contributed by atoms with van der Waals surface area (Å²) in [6, 6.07) is 11.2. The summed E-state index contributed by atoms with van der Waals surface area (Å²) < 4.78 is 12.8. The Morgan fingerprint density at radius 1 is 1.29 bits per heavy atom. The molecule has 0 fully saturated rings. The van der Waals surface area contributed by atoms with Gasteiger partial charge in [-0.15, -0.1) is 0 Å². The molecular formula is C16H15ClFNO2. The number of benzene rings is 2. The summed E-state index contributed by atoms with van der Waals surface area (Å²) in [6.45, 7) is 1.97. The second kappa shape index (κ2) is 6.59. The van der Waals surface area contributed by atoms with Gasteiger partial charge in [0.1, 0.15) is 5.82 Å². The molecule has 1 atom stereocenters. The van der Waals surface area contributed by atoms with E-state index in [0.717, 1.165) is 5.56 Å². The molecular weight excluding hydrogens is 293 g/mol. The van der Waals surface area contributed by atoms with Crippen LogP contribution in [0.5, 0.6) is 0 Å². The Bertz CT molecular complexity index is 643. The highest BCUT2D eigenvalue weighted by atomic mass is 35.5. The van der Waals surface area contributed by atoms with Crippen molar-refractivity contribution in [2.45, 2.75) is 19.4 Å². The first-order valence-corrected chi connectivity index (χ1v) is 6.87. The highest BCUT2D eigenvalue weighted by Gasteiger charge is 2.11. The van der Waals surface area contributed by atoms with Crippen molar-refractivity contribution in [1.29, 1.82) is 0 Å². The molecule has 2 N–H and O–H groups in total. The van der Waals surface area contributed by atoms with Gasteiger partial charge < -0.3 is 10.4 Å². The number of hydrogen-bond donors (Lipinski definition) is 2. The number of hydrogen-bond acceptors (Lipinski definition) is 2. The quantitative estimate of drug-likeness (QED) is 0.869. The predicted molar refractivity (Wildman–Crippen MR) is 81.6 cm³/mol. The van der Waals surface area contributed by atoms with Gasteiger partial charge in [-0.05, 0) is 49.2 Å². The zero-order valence-electron chi connectivity index (χ0n) is 11.4. The zero-order chi connectivity index (χ0) is 15.4. The van der Waals surface area contributed by atoms with Gasteiger partial charge in [-0.2, -0.15) is 0 Å². The molecule has 2 rings (SSSR count). The number of halogens is 2. The van der Waals surface area contributed by atoms with Crippen LogP contribution in [0.2, 0.25) is 5.02 Å². The van der Waals surface area contributed by atoms with Crippen molar-refractivity contribution in [3.63, 3.8) is 0 Å². The predicted octanol–water partition coefficient (Wildman–Crippen LogP) is 4.22. The summed E-state index contributed by atoms with van der Waals surface area (Å²) in [6.07, 6.45) is 0.700. The first kappa shape index (κ1) is 15.3. The Morgan fingerprint density at radius 2 is 1.95 bits per heavy atom. The topological polar surface area (TPSA) is 49.3 Å². The van der Waals surface area contributed by atoms with Gasteiger partial charge in [-0.25, -0.2) is 9.18 Å². The Labute approximate surface area is 127 Å². The maximum absolute atomic E-state index is 12.8. The maximum Gasteiger partial charge on any atom is 0.337 e. The van der Waals surface area contributed by atoms with Gasteiger partial charge >= 0.3 is 5.97 Å². The fraction of sp³-hybridized carbons (Fsp3) is 0.188. The van der Waals surface area contributed by atoms with Crippen LogP contribution in [0.3, 0.4) is 0 Å². The molecule has 3 nitrogen and oxygen atoms in total. The summed E-state index contributed by atoms with van der Waals surface area (Å²) >= 11 is 5.83. The molecule has 110 valence electrons. The Kier molecular flexibility index (Phi) is 4.81. The van der Waals surface area contributed by atoms with Gasteiger partial charge in [-0.3, -0.25) is 0 Å². The third-order valence-electron chi connectivity index (χ3n) is 3.06. The molecule has 0 saturated carbocycles. The van der Waals surface area contributed by atoms with Gasteiger partial charge in [0.05, 0.1) is 10.6 Å². The van der Waals surface area contributed by atoms with E-state index >= 15 is 0 Å². The first-order valence-electron chi connectivity index (χ1n) is 6.49. The number of carbonyl (C=O) groups is 1. The molecule has 0 radical (unpaired) electrons. The summed E-state index contributed by atoms with van der Waals surface area (Å²) in [5.41, 5.74) is 1.76. The summed E-state index contributed by atoms with van der Waals surface area (Å²) in [5, 5.41) is 12.5. The average molecular weight is 308 g/mol. The van der Waals surface area contributed by atoms with Crippen molar-refractivity contribution >= 4 is 23.3 Å². The first-order chi connectivity index (χ1) is 9.95. The van der Waals surface area contributed by atoms with E-state index in [1.807, 2.05) is 6.92 Å². The van der Waals surface area contributed by atoms with Crippen LogP contribution in [0.15, 0.2) is 42.5 Å². The van der Waals surface area contributed by atoms with Crippen LogP contribution in [0.25, 0.3) is 0 Å². The Morgan fingerprint density at radius 3 is 2.57 bits per heavy atom. The molecule has 2 aromatic carbocycles. The minimum Gasteiger partial charge on any atom is -0.478 e. The van der Waals surface area contributed by atoms with E-state index in [2.05, 4.69) is 5.32 Å². The van der Waals surface area contributed by atoms with Crippen molar-refractivity contribution < 1.29 is 14.3 Å². The minimum absolute atomic E-state index is 0.0654. The minimum atomic E-state index is -1.06. The van der Waals surface area contributed by atoms with E-state index in [1.54, 1.807) is 24.3 Å². The number of carboxylic acids is 1. The van der Waals surface area contributed by atoms with Crippen molar-refractivity contribution in [3.8, 4) is 0 Å². The lowest BCUT2D eigenvalue weighted by molar-refractivity contribution is 0.0697. The monoisotopic (exact) mass is 307 g/mol. The Balaban J connectivity index is 2.05. The fourth-order valence-corrected chi connectivity index (χ4v) is 2.29. The SMILES string of the molecule is CC(Cc1ccc(F)cc1)Nc1ccc(Cl)c(C(=O)O)c1. The van der Waals surface area contributed by atoms with Crippen molar-refractivity contribution in [2.24, 2.45) is 0 Å². The van der Waals surface area contributed by atoms with Crippen molar-refractivity contribution in [3.05, 3.63) is 64.4 Å². The lowest BCUT2D eigenvalue weighted by Crippen LogP contribution is -2.18. The average Bonchev–Trinajstić information content (AvgIpc) is 2.43. The summed E-state index contributed by atoms with van der Waals surface area (Å²) in [7, 11) is 0. The van der Waals surface area contributed by atoms with Gasteiger partial charge in [0.15, 0.2) is 0 Å². The molecule has 2 aromatic rings. The van der Waals surface area contributed by atoms with E-state index in [0.29, 0.717) is 12.1 Å². The van der Waals surface area contributed by atoms with E-state index in [-0.39, 0.29) is 22.4 Å². The number of nitrogens with one attached hydrogen (secondary N) is 1. The highest BCUT2D eigenvalue weighted by molar-refractivity contribution is 6.33. The van der Waals surface area contributed by atoms with Crippen molar-refractivity contribution in [1.82, 2.24) is 0 Å². The van der Waals surface area contributed by atoms with Gasteiger partial charge in [0.2, 0.25) is 0 Å². The van der Waals surface area contributed by atoms with Crippen LogP contribution in [-0.2, 0) is 6.42 Å². The standard InChI is InChI=1S/C16H15ClFNO2/c1-10(8-11-2-4-12(18)5-3-11)19-13-6-7-15(17)14(9-13)16(20)21/h2-7,9-10,19H,8H2,1H3,(H,20,21). The third kappa shape index (κ3) is 4.20. The number of anilines is 1. The molecule has 5 heteroatoms. The molecule has 1 unspecified atom stereocenters. The fourth-order valence-electron chi connectivity index (χ4n) is 2.09. The second-order valence-electron chi connectivity index (χ2n) is 4.88. The van der Waals surface area contributed by atoms with Crippen LogP contribution >= 0.6 is 11.6 Å². The molecule has 0 aliphatic carbocycles. The largest absolute Gasteiger partial charge is 0.478 e. The molecule has 0 spiro atoms. The molecule has 0 bridgehead atoms.